The fourth-order valence-electron chi connectivity index (χ4n) is 0. The average Bonchev–Trinajstić information content (AvgIpc) is 2.56. The number of carboxylic acids is 5. The molecule has 10 nitrogen and oxygen atoms in total. The molecule has 0 unspecified atom stereocenters. The first kappa shape index (κ1) is 41.9. The molecule has 0 atom stereocenters. The largest absolute Gasteiger partial charge is 5.00 e. The van der Waals surface area contributed by atoms with Crippen LogP contribution in [0.25, 0.3) is 0 Å². The monoisotopic (exact) mass is 476 g/mol. The zero-order chi connectivity index (χ0) is 25.8. The van der Waals surface area contributed by atoms with Crippen molar-refractivity contribution in [2.45, 2.75) is 34.6 Å². The summed E-state index contributed by atoms with van der Waals surface area (Å²) in [6, 6.07) is 0. The minimum absolute atomic E-state index is 0. The molecule has 11 heteroatoms. The van der Waals surface area contributed by atoms with Crippen LogP contribution in [0.3, 0.4) is 0 Å². The third kappa shape index (κ3) is 58.4. The SMILES string of the molecule is C=C(C)C(=O)[O-].C=C(C)C(=O)[O-].C=C(C)C(=O)[O-].C=C(C)C(=O)[O-].C=C(C)C(=O)[O-].[V+5]. The van der Waals surface area contributed by atoms with E-state index in [9.17, 15) is 49.5 Å². The Bertz CT molecular complexity index is 503. The molecule has 0 radical (unpaired) electrons. The van der Waals surface area contributed by atoms with E-state index in [1.807, 2.05) is 0 Å². The average molecular weight is 476 g/mol. The normalized spacial score (nSPS) is 7.26. The van der Waals surface area contributed by atoms with Crippen LogP contribution in [-0.4, -0.2) is 29.8 Å². The first-order valence-electron chi connectivity index (χ1n) is 7.56. The molecule has 0 heterocycles. The van der Waals surface area contributed by atoms with Crippen molar-refractivity contribution in [2.75, 3.05) is 0 Å². The van der Waals surface area contributed by atoms with Crippen molar-refractivity contribution in [3.05, 3.63) is 60.8 Å². The number of carboxylic acid groups (broad SMARTS) is 5. The minimum atomic E-state index is -1.19. The van der Waals surface area contributed by atoms with Crippen LogP contribution in [0.4, 0.5) is 0 Å². The van der Waals surface area contributed by atoms with Crippen molar-refractivity contribution in [1.82, 2.24) is 0 Å². The molecular weight excluding hydrogens is 451 g/mol. The Morgan fingerprint density at radius 3 is 0.419 bits per heavy atom. The standard InChI is InChI=1S/5C4H6O2.V/c5*1-3(2)4(5)6;/h5*1H2,2H3,(H,5,6);/q;;;;;+5/p-5. The van der Waals surface area contributed by atoms with Crippen molar-refractivity contribution in [3.63, 3.8) is 0 Å². The number of carbonyl (C=O) groups is 5. The number of carbonyl (C=O) groups excluding carboxylic acids is 5. The van der Waals surface area contributed by atoms with E-state index in [1.165, 1.54) is 34.6 Å². The Labute approximate surface area is 193 Å². The van der Waals surface area contributed by atoms with Crippen LogP contribution < -0.4 is 25.5 Å². The van der Waals surface area contributed by atoms with E-state index in [4.69, 9.17) is 0 Å². The van der Waals surface area contributed by atoms with Gasteiger partial charge >= 0.3 is 18.6 Å². The van der Waals surface area contributed by atoms with Gasteiger partial charge in [-0.3, -0.25) is 0 Å². The quantitative estimate of drug-likeness (QED) is 0.359. The molecule has 0 amide bonds. The molecule has 0 aromatic carbocycles. The molecule has 0 bridgehead atoms. The van der Waals surface area contributed by atoms with Crippen LogP contribution in [0.5, 0.6) is 0 Å². The number of aliphatic carboxylic acids is 5. The molecule has 0 N–H and O–H groups in total. The van der Waals surface area contributed by atoms with E-state index in [0.29, 0.717) is 0 Å². The van der Waals surface area contributed by atoms with Gasteiger partial charge in [-0.05, 0) is 62.5 Å². The van der Waals surface area contributed by atoms with Gasteiger partial charge in [0.25, 0.3) is 0 Å². The van der Waals surface area contributed by atoms with Gasteiger partial charge in [-0.25, -0.2) is 0 Å². The molecule has 0 rings (SSSR count). The van der Waals surface area contributed by atoms with Crippen LogP contribution in [-0.2, 0) is 42.5 Å². The maximum atomic E-state index is 9.49. The van der Waals surface area contributed by atoms with E-state index in [-0.39, 0.29) is 46.4 Å². The molecular formula is C20H25O10V. The molecule has 0 aliphatic carbocycles. The van der Waals surface area contributed by atoms with Gasteiger partial charge in [0.15, 0.2) is 0 Å². The van der Waals surface area contributed by atoms with Crippen LogP contribution in [0.1, 0.15) is 34.6 Å². The summed E-state index contributed by atoms with van der Waals surface area (Å²) in [5.41, 5.74) is 0.324. The van der Waals surface area contributed by atoms with Crippen molar-refractivity contribution in [3.8, 4) is 0 Å². The molecule has 31 heavy (non-hydrogen) atoms. The van der Waals surface area contributed by atoms with Gasteiger partial charge in [0.2, 0.25) is 0 Å². The zero-order valence-electron chi connectivity index (χ0n) is 18.1. The Hall–Kier alpha value is -3.37. The molecule has 0 aromatic heterocycles. The second-order valence-corrected chi connectivity index (χ2v) is 5.34. The summed E-state index contributed by atoms with van der Waals surface area (Å²) in [5, 5.41) is 47.4. The van der Waals surface area contributed by atoms with E-state index < -0.39 is 29.8 Å². The summed E-state index contributed by atoms with van der Waals surface area (Å²) in [7, 11) is 0. The first-order valence-corrected chi connectivity index (χ1v) is 7.56. The van der Waals surface area contributed by atoms with Gasteiger partial charge in [-0.2, -0.15) is 0 Å². The predicted octanol–water partition coefficient (Wildman–Crippen LogP) is -3.44. The van der Waals surface area contributed by atoms with Gasteiger partial charge in [0.05, 0.1) is 29.8 Å². The number of rotatable bonds is 5. The molecule has 0 aliphatic rings. The Kier molecular flexibility index (Phi) is 33.3. The van der Waals surface area contributed by atoms with Crippen LogP contribution >= 0.6 is 0 Å². The predicted molar refractivity (Wildman–Crippen MR) is 99.1 cm³/mol. The second kappa shape index (κ2) is 24.7. The second-order valence-electron chi connectivity index (χ2n) is 5.34. The van der Waals surface area contributed by atoms with Gasteiger partial charge in [-0.15, -0.1) is 0 Å². The molecule has 0 spiro atoms. The molecule has 0 aliphatic heterocycles. The van der Waals surface area contributed by atoms with Crippen LogP contribution in [0, 0.1) is 0 Å². The summed E-state index contributed by atoms with van der Waals surface area (Å²) in [6.45, 7) is 22.4. The number of hydrogen-bond acceptors (Lipinski definition) is 10. The van der Waals surface area contributed by atoms with Crippen molar-refractivity contribution < 1.29 is 68.1 Å². The smallest absolute Gasteiger partial charge is 0.545 e. The summed E-state index contributed by atoms with van der Waals surface area (Å²) in [6.07, 6.45) is 0. The van der Waals surface area contributed by atoms with E-state index >= 15 is 0 Å². The van der Waals surface area contributed by atoms with Crippen LogP contribution in [0.15, 0.2) is 60.8 Å². The Morgan fingerprint density at radius 2 is 0.419 bits per heavy atom. The molecule has 0 saturated carbocycles. The summed E-state index contributed by atoms with van der Waals surface area (Å²) < 4.78 is 0. The third-order valence-electron chi connectivity index (χ3n) is 1.74. The fourth-order valence-corrected chi connectivity index (χ4v) is 0. The van der Waals surface area contributed by atoms with Crippen molar-refractivity contribution in [2.24, 2.45) is 0 Å². The molecule has 0 aromatic rings. The summed E-state index contributed by atoms with van der Waals surface area (Å²) in [5.74, 6) is -5.93. The zero-order valence-corrected chi connectivity index (χ0v) is 19.5. The van der Waals surface area contributed by atoms with Gasteiger partial charge < -0.3 is 49.5 Å². The molecule has 0 fully saturated rings. The van der Waals surface area contributed by atoms with Crippen molar-refractivity contribution >= 4 is 29.8 Å². The molecule has 0 saturated heterocycles. The minimum Gasteiger partial charge on any atom is -0.545 e. The van der Waals surface area contributed by atoms with Gasteiger partial charge in [0, 0.05) is 0 Å². The maximum Gasteiger partial charge on any atom is 5.00 e. The maximum absolute atomic E-state index is 9.49. The van der Waals surface area contributed by atoms with Crippen LogP contribution in [0.2, 0.25) is 0 Å². The van der Waals surface area contributed by atoms with Gasteiger partial charge in [0.1, 0.15) is 0 Å². The van der Waals surface area contributed by atoms with Crippen molar-refractivity contribution in [1.29, 1.82) is 0 Å². The van der Waals surface area contributed by atoms with E-state index in [1.54, 1.807) is 0 Å². The van der Waals surface area contributed by atoms with Gasteiger partial charge in [-0.1, -0.05) is 32.9 Å². The number of hydrogen-bond donors (Lipinski definition) is 0. The summed E-state index contributed by atoms with van der Waals surface area (Å²) >= 11 is 0. The Morgan fingerprint density at radius 1 is 0.387 bits per heavy atom. The fraction of sp³-hybridized carbons (Fsp3) is 0.250. The summed E-state index contributed by atoms with van der Waals surface area (Å²) in [4.78, 5) is 47.4. The van der Waals surface area contributed by atoms with E-state index in [0.717, 1.165) is 0 Å². The first-order chi connectivity index (χ1) is 13.2. The molecule has 170 valence electrons. The topological polar surface area (TPSA) is 201 Å². The van der Waals surface area contributed by atoms with E-state index in [2.05, 4.69) is 32.9 Å². The third-order valence-corrected chi connectivity index (χ3v) is 1.74. The Balaban J connectivity index is -0.0000000625.